The number of amides is 1. The number of nitrogens with zero attached hydrogens (tertiary/aromatic N) is 2. The summed E-state index contributed by atoms with van der Waals surface area (Å²) in [6, 6.07) is 6.42. The third kappa shape index (κ3) is 1.38. The van der Waals surface area contributed by atoms with E-state index in [0.29, 0.717) is 0 Å². The Kier molecular flexibility index (Phi) is 1.73. The van der Waals surface area contributed by atoms with Gasteiger partial charge in [-0.3, -0.25) is 14.7 Å². The molecule has 1 aliphatic rings. The van der Waals surface area contributed by atoms with Crippen LogP contribution in [0.5, 0.6) is 5.75 Å². The molecule has 0 fully saturated rings. The highest BCUT2D eigenvalue weighted by molar-refractivity contribution is 6.12. The molecule has 1 aromatic carbocycles. The summed E-state index contributed by atoms with van der Waals surface area (Å²) in [7, 11) is 0. The van der Waals surface area contributed by atoms with Crippen LogP contribution in [0.25, 0.3) is 0 Å². The Bertz CT molecular complexity index is 356. The molecule has 0 aliphatic carbocycles. The molecule has 1 amide bonds. The lowest BCUT2D eigenvalue weighted by molar-refractivity contribution is -0.115. The van der Waals surface area contributed by atoms with Crippen molar-refractivity contribution in [2.75, 3.05) is 11.4 Å². The maximum atomic E-state index is 11.2. The van der Waals surface area contributed by atoms with Crippen LogP contribution in [0.3, 0.4) is 0 Å². The second-order valence-corrected chi connectivity index (χ2v) is 2.74. The number of benzene rings is 1. The topological polar surface area (TPSA) is 52.9 Å². The molecule has 0 bridgehead atoms. The number of phenols is 1. The van der Waals surface area contributed by atoms with E-state index in [1.807, 2.05) is 0 Å². The number of aliphatic imine (C=N–C) groups is 1. The molecule has 2 rings (SSSR count). The minimum absolute atomic E-state index is 0.0503. The van der Waals surface area contributed by atoms with Crippen molar-refractivity contribution in [2.45, 2.75) is 0 Å². The number of carbonyl (C=O) groups excluding carboxylic acids is 1. The zero-order valence-corrected chi connectivity index (χ0v) is 6.84. The van der Waals surface area contributed by atoms with E-state index in [2.05, 4.69) is 4.99 Å². The second kappa shape index (κ2) is 2.90. The molecule has 0 saturated heterocycles. The Morgan fingerprint density at radius 2 is 2.00 bits per heavy atom. The summed E-state index contributed by atoms with van der Waals surface area (Å²) >= 11 is 0. The van der Waals surface area contributed by atoms with Gasteiger partial charge in [0.05, 0.1) is 12.0 Å². The predicted molar refractivity (Wildman–Crippen MR) is 49.0 cm³/mol. The molecule has 0 spiro atoms. The van der Waals surface area contributed by atoms with Crippen LogP contribution in [0.4, 0.5) is 5.69 Å². The number of phenolic OH excluding ortho intramolecular Hbond substituents is 1. The van der Waals surface area contributed by atoms with Crippen molar-refractivity contribution >= 4 is 17.9 Å². The highest BCUT2D eigenvalue weighted by Crippen LogP contribution is 2.18. The molecule has 66 valence electrons. The molecule has 0 atom stereocenters. The average molecular weight is 176 g/mol. The SMILES string of the molecule is O=C1CN=CN1c1ccc(O)cc1. The van der Waals surface area contributed by atoms with Gasteiger partial charge in [0.25, 0.3) is 5.91 Å². The summed E-state index contributed by atoms with van der Waals surface area (Å²) in [4.78, 5) is 16.5. The van der Waals surface area contributed by atoms with Crippen LogP contribution in [0.15, 0.2) is 29.3 Å². The van der Waals surface area contributed by atoms with E-state index in [1.165, 1.54) is 23.4 Å². The van der Waals surface area contributed by atoms with Gasteiger partial charge in [-0.15, -0.1) is 0 Å². The predicted octanol–water partition coefficient (Wildman–Crippen LogP) is 0.767. The van der Waals surface area contributed by atoms with E-state index in [-0.39, 0.29) is 18.2 Å². The fourth-order valence-corrected chi connectivity index (χ4v) is 1.17. The zero-order valence-electron chi connectivity index (χ0n) is 6.84. The quantitative estimate of drug-likeness (QED) is 0.687. The van der Waals surface area contributed by atoms with Gasteiger partial charge in [-0.2, -0.15) is 0 Å². The zero-order chi connectivity index (χ0) is 9.26. The fraction of sp³-hybridized carbons (Fsp3) is 0.111. The smallest absolute Gasteiger partial charge is 0.253 e. The van der Waals surface area contributed by atoms with Crippen LogP contribution in [-0.4, -0.2) is 23.9 Å². The van der Waals surface area contributed by atoms with Gasteiger partial charge < -0.3 is 5.11 Å². The number of aromatic hydroxyl groups is 1. The Labute approximate surface area is 75.1 Å². The maximum Gasteiger partial charge on any atom is 0.253 e. The molecular weight excluding hydrogens is 168 g/mol. The summed E-state index contributed by atoms with van der Waals surface area (Å²) in [6.45, 7) is 0.209. The van der Waals surface area contributed by atoms with Crippen molar-refractivity contribution in [1.82, 2.24) is 0 Å². The van der Waals surface area contributed by atoms with Crippen LogP contribution >= 0.6 is 0 Å². The largest absolute Gasteiger partial charge is 0.508 e. The van der Waals surface area contributed by atoms with Crippen molar-refractivity contribution in [3.63, 3.8) is 0 Å². The molecule has 0 aromatic heterocycles. The lowest BCUT2D eigenvalue weighted by Gasteiger charge is -2.11. The summed E-state index contributed by atoms with van der Waals surface area (Å²) < 4.78 is 0. The first-order chi connectivity index (χ1) is 6.27. The highest BCUT2D eigenvalue weighted by atomic mass is 16.3. The Hall–Kier alpha value is -1.84. The van der Waals surface area contributed by atoms with Gasteiger partial charge in [0.15, 0.2) is 0 Å². The minimum Gasteiger partial charge on any atom is -0.508 e. The van der Waals surface area contributed by atoms with Crippen LogP contribution in [0, 0.1) is 0 Å². The number of hydrogen-bond donors (Lipinski definition) is 1. The minimum atomic E-state index is -0.0503. The van der Waals surface area contributed by atoms with Crippen molar-refractivity contribution in [3.8, 4) is 5.75 Å². The summed E-state index contributed by atoms with van der Waals surface area (Å²) in [6.07, 6.45) is 1.49. The number of hydrogen-bond acceptors (Lipinski definition) is 3. The summed E-state index contributed by atoms with van der Waals surface area (Å²) in [5.41, 5.74) is 0.726. The van der Waals surface area contributed by atoms with E-state index in [9.17, 15) is 4.79 Å². The third-order valence-corrected chi connectivity index (χ3v) is 1.82. The van der Waals surface area contributed by atoms with E-state index in [1.54, 1.807) is 12.1 Å². The van der Waals surface area contributed by atoms with Crippen molar-refractivity contribution in [1.29, 1.82) is 0 Å². The van der Waals surface area contributed by atoms with E-state index in [4.69, 9.17) is 5.11 Å². The van der Waals surface area contributed by atoms with Crippen LogP contribution in [-0.2, 0) is 4.79 Å². The van der Waals surface area contributed by atoms with Gasteiger partial charge >= 0.3 is 0 Å². The Morgan fingerprint density at radius 3 is 2.54 bits per heavy atom. The van der Waals surface area contributed by atoms with Gasteiger partial charge in [-0.1, -0.05) is 0 Å². The monoisotopic (exact) mass is 176 g/mol. The molecule has 4 heteroatoms. The molecule has 1 aromatic rings. The number of anilines is 1. The highest BCUT2D eigenvalue weighted by Gasteiger charge is 2.17. The van der Waals surface area contributed by atoms with Gasteiger partial charge in [0.2, 0.25) is 0 Å². The number of carbonyl (C=O) groups is 1. The normalized spacial score (nSPS) is 15.4. The van der Waals surface area contributed by atoms with E-state index in [0.717, 1.165) is 5.69 Å². The molecule has 0 unspecified atom stereocenters. The second-order valence-electron chi connectivity index (χ2n) is 2.74. The molecule has 0 radical (unpaired) electrons. The Balaban J connectivity index is 2.30. The molecule has 1 aliphatic heterocycles. The molecule has 1 heterocycles. The van der Waals surface area contributed by atoms with Gasteiger partial charge in [-0.05, 0) is 24.3 Å². The molecular formula is C9H8N2O2. The average Bonchev–Trinajstić information content (AvgIpc) is 2.53. The molecule has 13 heavy (non-hydrogen) atoms. The van der Waals surface area contributed by atoms with E-state index < -0.39 is 0 Å². The van der Waals surface area contributed by atoms with Crippen LogP contribution in [0.2, 0.25) is 0 Å². The first-order valence-corrected chi connectivity index (χ1v) is 3.88. The van der Waals surface area contributed by atoms with Crippen LogP contribution < -0.4 is 4.90 Å². The summed E-state index contributed by atoms with van der Waals surface area (Å²) in [5, 5.41) is 9.03. The third-order valence-electron chi connectivity index (χ3n) is 1.82. The lowest BCUT2D eigenvalue weighted by atomic mass is 10.3. The lowest BCUT2D eigenvalue weighted by Crippen LogP contribution is -2.25. The van der Waals surface area contributed by atoms with Crippen molar-refractivity contribution < 1.29 is 9.90 Å². The first kappa shape index (κ1) is 7.79. The van der Waals surface area contributed by atoms with Gasteiger partial charge in [-0.25, -0.2) is 0 Å². The number of rotatable bonds is 1. The van der Waals surface area contributed by atoms with Crippen molar-refractivity contribution in [2.24, 2.45) is 4.99 Å². The van der Waals surface area contributed by atoms with Crippen LogP contribution in [0.1, 0.15) is 0 Å². The molecule has 4 nitrogen and oxygen atoms in total. The first-order valence-electron chi connectivity index (χ1n) is 3.88. The summed E-state index contributed by atoms with van der Waals surface area (Å²) in [5.74, 6) is 0.137. The molecule has 0 saturated carbocycles. The van der Waals surface area contributed by atoms with Crippen molar-refractivity contribution in [3.05, 3.63) is 24.3 Å². The van der Waals surface area contributed by atoms with Gasteiger partial charge in [0.1, 0.15) is 12.3 Å². The standard InChI is InChI=1S/C9H8N2O2/c12-8-3-1-7(2-4-8)11-6-10-5-9(11)13/h1-4,6,12H,5H2. The fourth-order valence-electron chi connectivity index (χ4n) is 1.17. The maximum absolute atomic E-state index is 11.2. The van der Waals surface area contributed by atoms with E-state index >= 15 is 0 Å². The molecule has 1 N–H and O–H groups in total. The Morgan fingerprint density at radius 1 is 1.31 bits per heavy atom. The van der Waals surface area contributed by atoms with Gasteiger partial charge in [0, 0.05) is 0 Å².